The third kappa shape index (κ3) is 2.64. The van der Waals surface area contributed by atoms with E-state index in [2.05, 4.69) is 53.6 Å². The summed E-state index contributed by atoms with van der Waals surface area (Å²) < 4.78 is 5.79. The highest BCUT2D eigenvalue weighted by molar-refractivity contribution is 5.77. The molecule has 1 aliphatic rings. The second-order valence-electron chi connectivity index (χ2n) is 5.85. The van der Waals surface area contributed by atoms with Crippen LogP contribution in [0.4, 0.5) is 5.69 Å². The Balaban J connectivity index is 1.53. The van der Waals surface area contributed by atoms with Gasteiger partial charge in [-0.05, 0) is 43.5 Å². The van der Waals surface area contributed by atoms with Gasteiger partial charge in [0.2, 0.25) is 0 Å². The second-order valence-corrected chi connectivity index (χ2v) is 5.85. The number of anilines is 1. The summed E-state index contributed by atoms with van der Waals surface area (Å²) in [5.74, 6) is 1.46. The van der Waals surface area contributed by atoms with E-state index in [-0.39, 0.29) is 0 Å². The quantitative estimate of drug-likeness (QED) is 0.756. The Kier molecular flexibility index (Phi) is 2.92. The molecule has 2 aromatic carbocycles. The van der Waals surface area contributed by atoms with Crippen LogP contribution in [-0.2, 0) is 6.54 Å². The smallest absolute Gasteiger partial charge is 0.198 e. The first-order chi connectivity index (χ1) is 10.3. The molecule has 1 fully saturated rings. The molecule has 0 amide bonds. The number of nitrogens with zero attached hydrogens (tertiary/aromatic N) is 1. The number of oxazole rings is 1. The molecule has 3 heteroatoms. The molecule has 0 spiro atoms. The highest BCUT2D eigenvalue weighted by Gasteiger charge is 2.28. The van der Waals surface area contributed by atoms with E-state index in [1.807, 2.05) is 6.07 Å². The van der Waals surface area contributed by atoms with Crippen LogP contribution in [0.15, 0.2) is 46.9 Å². The number of rotatable bonds is 4. The van der Waals surface area contributed by atoms with E-state index in [4.69, 9.17) is 4.42 Å². The van der Waals surface area contributed by atoms with Crippen LogP contribution < -0.4 is 5.32 Å². The van der Waals surface area contributed by atoms with E-state index in [9.17, 15) is 0 Å². The van der Waals surface area contributed by atoms with Crippen LogP contribution in [0, 0.1) is 6.92 Å². The molecule has 0 radical (unpaired) electrons. The second kappa shape index (κ2) is 4.92. The zero-order valence-corrected chi connectivity index (χ0v) is 12.1. The Morgan fingerprint density at radius 2 is 2.10 bits per heavy atom. The predicted molar refractivity (Wildman–Crippen MR) is 84.5 cm³/mol. The lowest BCUT2D eigenvalue weighted by molar-refractivity contribution is 0.533. The number of fused-ring (bicyclic) bond motifs is 1. The monoisotopic (exact) mass is 278 g/mol. The standard InChI is InChI=1S/C18H18N2O/c1-12-3-2-4-13(9-12)11-19-15-7-8-17-16(10-15)20-18(21-17)14-5-6-14/h2-4,7-10,14,19H,5-6,11H2,1H3. The maximum Gasteiger partial charge on any atom is 0.198 e. The maximum atomic E-state index is 5.79. The number of hydrogen-bond donors (Lipinski definition) is 1. The van der Waals surface area contributed by atoms with E-state index in [1.165, 1.54) is 24.0 Å². The van der Waals surface area contributed by atoms with Crippen LogP contribution in [0.3, 0.4) is 0 Å². The Labute approximate surface area is 124 Å². The Morgan fingerprint density at radius 3 is 2.90 bits per heavy atom. The van der Waals surface area contributed by atoms with Crippen molar-refractivity contribution in [2.24, 2.45) is 0 Å². The number of benzene rings is 2. The van der Waals surface area contributed by atoms with Crippen LogP contribution in [-0.4, -0.2) is 4.98 Å². The molecule has 1 aliphatic carbocycles. The molecule has 1 aromatic heterocycles. The molecule has 3 nitrogen and oxygen atoms in total. The molecule has 0 bridgehead atoms. The molecule has 106 valence electrons. The van der Waals surface area contributed by atoms with Gasteiger partial charge in [0, 0.05) is 18.2 Å². The molecule has 1 saturated carbocycles. The van der Waals surface area contributed by atoms with Crippen molar-refractivity contribution in [1.29, 1.82) is 0 Å². The molecule has 0 unspecified atom stereocenters. The third-order valence-electron chi connectivity index (χ3n) is 3.91. The summed E-state index contributed by atoms with van der Waals surface area (Å²) in [5, 5.41) is 3.45. The minimum atomic E-state index is 0.557. The molecule has 0 saturated heterocycles. The van der Waals surface area contributed by atoms with Gasteiger partial charge in [-0.1, -0.05) is 29.8 Å². The molecule has 0 aliphatic heterocycles. The summed E-state index contributed by atoms with van der Waals surface area (Å²) in [7, 11) is 0. The minimum Gasteiger partial charge on any atom is -0.440 e. The van der Waals surface area contributed by atoms with Crippen molar-refractivity contribution < 1.29 is 4.42 Å². The molecule has 3 aromatic rings. The molecule has 1 heterocycles. The Bertz CT molecular complexity index is 787. The number of aryl methyl sites for hydroxylation is 1. The molecule has 4 rings (SSSR count). The summed E-state index contributed by atoms with van der Waals surface area (Å²) in [5.41, 5.74) is 5.49. The summed E-state index contributed by atoms with van der Waals surface area (Å²) in [6, 6.07) is 14.7. The summed E-state index contributed by atoms with van der Waals surface area (Å²) >= 11 is 0. The average Bonchev–Trinajstić information content (AvgIpc) is 3.25. The SMILES string of the molecule is Cc1cccc(CNc2ccc3oc(C4CC4)nc3c2)c1. The van der Waals surface area contributed by atoms with E-state index in [0.29, 0.717) is 5.92 Å². The highest BCUT2D eigenvalue weighted by atomic mass is 16.3. The van der Waals surface area contributed by atoms with Crippen LogP contribution in [0.5, 0.6) is 0 Å². The Morgan fingerprint density at radius 1 is 1.19 bits per heavy atom. The zero-order valence-electron chi connectivity index (χ0n) is 12.1. The Hall–Kier alpha value is -2.29. The number of nitrogens with one attached hydrogen (secondary N) is 1. The van der Waals surface area contributed by atoms with Crippen molar-refractivity contribution in [3.05, 3.63) is 59.5 Å². The fourth-order valence-corrected chi connectivity index (χ4v) is 2.59. The van der Waals surface area contributed by atoms with Gasteiger partial charge in [-0.2, -0.15) is 0 Å². The van der Waals surface area contributed by atoms with Gasteiger partial charge in [0.1, 0.15) is 5.52 Å². The zero-order chi connectivity index (χ0) is 14.2. The lowest BCUT2D eigenvalue weighted by Gasteiger charge is -2.06. The van der Waals surface area contributed by atoms with Gasteiger partial charge in [-0.15, -0.1) is 0 Å². The maximum absolute atomic E-state index is 5.79. The summed E-state index contributed by atoms with van der Waals surface area (Å²) in [6.07, 6.45) is 2.43. The first-order valence-electron chi connectivity index (χ1n) is 7.48. The fourth-order valence-electron chi connectivity index (χ4n) is 2.59. The summed E-state index contributed by atoms with van der Waals surface area (Å²) in [4.78, 5) is 4.60. The number of aromatic nitrogens is 1. The predicted octanol–water partition coefficient (Wildman–Crippen LogP) is 4.63. The molecule has 1 N–H and O–H groups in total. The van der Waals surface area contributed by atoms with E-state index in [0.717, 1.165) is 29.2 Å². The fraction of sp³-hybridized carbons (Fsp3) is 0.278. The van der Waals surface area contributed by atoms with Crippen LogP contribution in [0.1, 0.15) is 35.8 Å². The summed E-state index contributed by atoms with van der Waals surface area (Å²) in [6.45, 7) is 2.94. The normalized spacial score (nSPS) is 14.5. The lowest BCUT2D eigenvalue weighted by atomic mass is 10.1. The molecular formula is C18H18N2O. The van der Waals surface area contributed by atoms with Gasteiger partial charge in [-0.3, -0.25) is 0 Å². The topological polar surface area (TPSA) is 38.1 Å². The van der Waals surface area contributed by atoms with Crippen molar-refractivity contribution in [1.82, 2.24) is 4.98 Å². The van der Waals surface area contributed by atoms with Crippen molar-refractivity contribution in [3.63, 3.8) is 0 Å². The van der Waals surface area contributed by atoms with Gasteiger partial charge in [0.15, 0.2) is 11.5 Å². The van der Waals surface area contributed by atoms with Crippen molar-refractivity contribution in [2.45, 2.75) is 32.2 Å². The van der Waals surface area contributed by atoms with Crippen LogP contribution in [0.2, 0.25) is 0 Å². The molecular weight excluding hydrogens is 260 g/mol. The number of hydrogen-bond acceptors (Lipinski definition) is 3. The van der Waals surface area contributed by atoms with Gasteiger partial charge >= 0.3 is 0 Å². The van der Waals surface area contributed by atoms with Crippen molar-refractivity contribution in [2.75, 3.05) is 5.32 Å². The average molecular weight is 278 g/mol. The third-order valence-corrected chi connectivity index (χ3v) is 3.91. The highest BCUT2D eigenvalue weighted by Crippen LogP contribution is 2.40. The van der Waals surface area contributed by atoms with E-state index >= 15 is 0 Å². The van der Waals surface area contributed by atoms with Crippen LogP contribution >= 0.6 is 0 Å². The van der Waals surface area contributed by atoms with Crippen LogP contribution in [0.25, 0.3) is 11.1 Å². The minimum absolute atomic E-state index is 0.557. The van der Waals surface area contributed by atoms with Crippen molar-refractivity contribution >= 4 is 16.8 Å². The first kappa shape index (κ1) is 12.5. The molecule has 0 atom stereocenters. The van der Waals surface area contributed by atoms with E-state index < -0.39 is 0 Å². The van der Waals surface area contributed by atoms with Gasteiger partial charge in [-0.25, -0.2) is 4.98 Å². The largest absolute Gasteiger partial charge is 0.440 e. The van der Waals surface area contributed by atoms with Gasteiger partial charge in [0.25, 0.3) is 0 Å². The first-order valence-corrected chi connectivity index (χ1v) is 7.48. The van der Waals surface area contributed by atoms with Gasteiger partial charge < -0.3 is 9.73 Å². The molecule has 21 heavy (non-hydrogen) atoms. The van der Waals surface area contributed by atoms with Crippen molar-refractivity contribution in [3.8, 4) is 0 Å². The van der Waals surface area contributed by atoms with Gasteiger partial charge in [0.05, 0.1) is 0 Å². The van der Waals surface area contributed by atoms with E-state index in [1.54, 1.807) is 0 Å². The lowest BCUT2D eigenvalue weighted by Crippen LogP contribution is -1.99.